The monoisotopic (exact) mass is 186 g/mol. The molecule has 13 heavy (non-hydrogen) atoms. The van der Waals surface area contributed by atoms with Crippen LogP contribution in [0.25, 0.3) is 0 Å². The maximum atomic E-state index is 12.7. The molecule has 0 aromatic heterocycles. The minimum Gasteiger partial charge on any atom is -0.298 e. The molecule has 0 aliphatic heterocycles. The molecule has 1 saturated carbocycles. The molecule has 3 heteroatoms. The maximum Gasteiger partial charge on any atom is 0.248 e. The van der Waals surface area contributed by atoms with E-state index in [1.165, 1.54) is 0 Å². The molecule has 1 aliphatic rings. The van der Waals surface area contributed by atoms with E-state index >= 15 is 0 Å². The molecule has 0 saturated heterocycles. The Labute approximate surface area is 76.5 Å². The number of Topliss-reactive ketones (excluding diaryl/α,β-unsaturated/α-hetero) is 1. The van der Waals surface area contributed by atoms with Gasteiger partial charge in [-0.3, -0.25) is 4.79 Å². The topological polar surface area (TPSA) is 17.1 Å². The quantitative estimate of drug-likeness (QED) is 0.605. The summed E-state index contributed by atoms with van der Waals surface area (Å²) in [5.74, 6) is 1.97. The van der Waals surface area contributed by atoms with Crippen LogP contribution in [0.3, 0.4) is 0 Å². The highest BCUT2D eigenvalue weighted by molar-refractivity contribution is 5.83. The van der Waals surface area contributed by atoms with Crippen LogP contribution in [0.4, 0.5) is 8.78 Å². The molecule has 0 radical (unpaired) electrons. The first kappa shape index (κ1) is 10.2. The molecule has 1 atom stereocenters. The fourth-order valence-electron chi connectivity index (χ4n) is 1.54. The van der Waals surface area contributed by atoms with Crippen LogP contribution in [0, 0.1) is 17.8 Å². The number of carbonyl (C=O) groups is 1. The van der Waals surface area contributed by atoms with E-state index in [1.54, 1.807) is 6.92 Å². The van der Waals surface area contributed by atoms with Crippen molar-refractivity contribution in [2.75, 3.05) is 0 Å². The summed E-state index contributed by atoms with van der Waals surface area (Å²) in [5.41, 5.74) is 0. The van der Waals surface area contributed by atoms with E-state index in [2.05, 4.69) is 11.8 Å². The lowest BCUT2D eigenvalue weighted by Gasteiger charge is -2.07. The largest absolute Gasteiger partial charge is 0.298 e. The molecule has 0 spiro atoms. The number of halogens is 2. The maximum absolute atomic E-state index is 12.7. The number of hydrogen-bond acceptors (Lipinski definition) is 1. The highest BCUT2D eigenvalue weighted by Gasteiger charge is 2.41. The molecule has 0 N–H and O–H groups in total. The van der Waals surface area contributed by atoms with Crippen LogP contribution in [0.15, 0.2) is 0 Å². The lowest BCUT2D eigenvalue weighted by atomic mass is 10.0. The lowest BCUT2D eigenvalue weighted by Crippen LogP contribution is -2.14. The second-order valence-corrected chi connectivity index (χ2v) is 3.37. The van der Waals surface area contributed by atoms with Crippen molar-refractivity contribution in [3.8, 4) is 11.8 Å². The summed E-state index contributed by atoms with van der Waals surface area (Å²) in [6.45, 7) is 1.64. The average molecular weight is 186 g/mol. The van der Waals surface area contributed by atoms with E-state index in [1.807, 2.05) is 0 Å². The van der Waals surface area contributed by atoms with Crippen molar-refractivity contribution in [3.05, 3.63) is 0 Å². The van der Waals surface area contributed by atoms with Gasteiger partial charge in [-0.15, -0.1) is 5.92 Å². The Morgan fingerprint density at radius 1 is 1.62 bits per heavy atom. The van der Waals surface area contributed by atoms with Crippen LogP contribution >= 0.6 is 0 Å². The van der Waals surface area contributed by atoms with Crippen LogP contribution in [0.2, 0.25) is 0 Å². The predicted octanol–water partition coefficient (Wildman–Crippen LogP) is 2.40. The minimum atomic E-state index is -2.63. The number of ketones is 1. The van der Waals surface area contributed by atoms with E-state index < -0.39 is 11.8 Å². The first-order valence-corrected chi connectivity index (χ1v) is 4.35. The highest BCUT2D eigenvalue weighted by atomic mass is 19.3. The first-order chi connectivity index (χ1) is 6.05. The van der Waals surface area contributed by atoms with Gasteiger partial charge in [-0.25, -0.2) is 8.78 Å². The van der Waals surface area contributed by atoms with Gasteiger partial charge < -0.3 is 0 Å². The number of alkyl halides is 2. The van der Waals surface area contributed by atoms with E-state index in [0.717, 1.165) is 0 Å². The van der Waals surface area contributed by atoms with E-state index in [-0.39, 0.29) is 25.0 Å². The molecule has 1 fully saturated rings. The van der Waals surface area contributed by atoms with Crippen molar-refractivity contribution in [1.82, 2.24) is 0 Å². The van der Waals surface area contributed by atoms with Crippen LogP contribution in [-0.2, 0) is 4.79 Å². The SMILES string of the molecule is CC#CCC(=O)C1CCC(F)(F)C1. The summed E-state index contributed by atoms with van der Waals surface area (Å²) in [6, 6.07) is 0. The third-order valence-electron chi connectivity index (χ3n) is 2.30. The fourth-order valence-corrected chi connectivity index (χ4v) is 1.54. The molecule has 1 nitrogen and oxygen atoms in total. The van der Waals surface area contributed by atoms with Crippen LogP contribution in [0.5, 0.6) is 0 Å². The van der Waals surface area contributed by atoms with Gasteiger partial charge in [-0.1, -0.05) is 5.92 Å². The van der Waals surface area contributed by atoms with Gasteiger partial charge in [0.25, 0.3) is 0 Å². The molecule has 0 bridgehead atoms. The predicted molar refractivity (Wildman–Crippen MR) is 45.4 cm³/mol. The van der Waals surface area contributed by atoms with Crippen molar-refractivity contribution in [3.63, 3.8) is 0 Å². The summed E-state index contributed by atoms with van der Waals surface area (Å²) in [5, 5.41) is 0. The molecule has 0 amide bonds. The third kappa shape index (κ3) is 2.80. The fraction of sp³-hybridized carbons (Fsp3) is 0.700. The molecule has 72 valence electrons. The van der Waals surface area contributed by atoms with Gasteiger partial charge in [0.05, 0.1) is 6.42 Å². The van der Waals surface area contributed by atoms with Crippen molar-refractivity contribution in [2.45, 2.75) is 38.5 Å². The first-order valence-electron chi connectivity index (χ1n) is 4.35. The molecule has 0 aromatic carbocycles. The number of rotatable bonds is 2. The van der Waals surface area contributed by atoms with Gasteiger partial charge in [0.2, 0.25) is 5.92 Å². The Morgan fingerprint density at radius 3 is 2.77 bits per heavy atom. The zero-order chi connectivity index (χ0) is 9.90. The third-order valence-corrected chi connectivity index (χ3v) is 2.30. The Kier molecular flexibility index (Phi) is 3.02. The van der Waals surface area contributed by atoms with Gasteiger partial charge in [0, 0.05) is 18.8 Å². The molecule has 0 heterocycles. The minimum absolute atomic E-state index is 0.122. The smallest absolute Gasteiger partial charge is 0.248 e. The van der Waals surface area contributed by atoms with Gasteiger partial charge in [-0.2, -0.15) is 0 Å². The molecule has 0 aromatic rings. The Hall–Kier alpha value is -0.910. The summed E-state index contributed by atoms with van der Waals surface area (Å²) in [4.78, 5) is 11.3. The lowest BCUT2D eigenvalue weighted by molar-refractivity contribution is -0.122. The standard InChI is InChI=1S/C10H12F2O/c1-2-3-4-9(13)8-5-6-10(11,12)7-8/h8H,4-7H2,1H3. The zero-order valence-corrected chi connectivity index (χ0v) is 7.57. The van der Waals surface area contributed by atoms with Crippen molar-refractivity contribution >= 4 is 5.78 Å². The number of carbonyl (C=O) groups excluding carboxylic acids is 1. The Morgan fingerprint density at radius 2 is 2.31 bits per heavy atom. The molecule has 1 unspecified atom stereocenters. The van der Waals surface area contributed by atoms with Gasteiger partial charge >= 0.3 is 0 Å². The number of hydrogen-bond donors (Lipinski definition) is 0. The summed E-state index contributed by atoms with van der Waals surface area (Å²) in [7, 11) is 0. The summed E-state index contributed by atoms with van der Waals surface area (Å²) < 4.78 is 25.4. The summed E-state index contributed by atoms with van der Waals surface area (Å²) in [6.07, 6.45) is 0.00859. The normalized spacial score (nSPS) is 25.0. The molecule has 1 rings (SSSR count). The second-order valence-electron chi connectivity index (χ2n) is 3.37. The molecular weight excluding hydrogens is 174 g/mol. The highest BCUT2D eigenvalue weighted by Crippen LogP contribution is 2.39. The van der Waals surface area contributed by atoms with Crippen LogP contribution in [-0.4, -0.2) is 11.7 Å². The molecule has 1 aliphatic carbocycles. The summed E-state index contributed by atoms with van der Waals surface area (Å²) >= 11 is 0. The van der Waals surface area contributed by atoms with E-state index in [9.17, 15) is 13.6 Å². The van der Waals surface area contributed by atoms with Crippen molar-refractivity contribution < 1.29 is 13.6 Å². The van der Waals surface area contributed by atoms with Crippen LogP contribution in [0.1, 0.15) is 32.6 Å². The van der Waals surface area contributed by atoms with Gasteiger partial charge in [0.1, 0.15) is 5.78 Å². The zero-order valence-electron chi connectivity index (χ0n) is 7.57. The van der Waals surface area contributed by atoms with E-state index in [4.69, 9.17) is 0 Å². The average Bonchev–Trinajstić information content (AvgIpc) is 2.42. The van der Waals surface area contributed by atoms with Gasteiger partial charge in [-0.05, 0) is 13.3 Å². The van der Waals surface area contributed by atoms with E-state index in [0.29, 0.717) is 6.42 Å². The van der Waals surface area contributed by atoms with Gasteiger partial charge in [0.15, 0.2) is 0 Å². The second kappa shape index (κ2) is 3.87. The van der Waals surface area contributed by atoms with Crippen molar-refractivity contribution in [2.24, 2.45) is 5.92 Å². The Balaban J connectivity index is 2.45. The van der Waals surface area contributed by atoms with Crippen LogP contribution < -0.4 is 0 Å². The molecular formula is C10H12F2O. The van der Waals surface area contributed by atoms with Crippen molar-refractivity contribution in [1.29, 1.82) is 0 Å². The Bertz CT molecular complexity index is 260.